The quantitative estimate of drug-likeness (QED) is 0.323. The standard InChI is InChI=1S/C33H30F3N3O3/c1-3-20-10-13-25(14-11-20)42-19-22-16-21(12-15-29(22)41-2)30-26(18-37)32(38)39(27-8-5-9-28(40)31(27)30)24-7-4-6-23(17-24)33(34,35)36/h4,6-7,10-17,30H,3,5,8-9,19,38H2,1-2H3/t30-/m1/s1. The molecule has 1 aliphatic heterocycles. The lowest BCUT2D eigenvalue weighted by atomic mass is 9.75. The first kappa shape index (κ1) is 28.8. The van der Waals surface area contributed by atoms with E-state index >= 15 is 0 Å². The van der Waals surface area contributed by atoms with Gasteiger partial charge in [-0.25, -0.2) is 0 Å². The summed E-state index contributed by atoms with van der Waals surface area (Å²) < 4.78 is 52.3. The van der Waals surface area contributed by atoms with E-state index in [1.54, 1.807) is 19.2 Å². The first-order valence-electron chi connectivity index (χ1n) is 13.7. The second-order valence-electron chi connectivity index (χ2n) is 10.2. The Labute approximate surface area is 242 Å². The van der Waals surface area contributed by atoms with E-state index < -0.39 is 17.7 Å². The molecule has 0 fully saturated rings. The number of carbonyl (C=O) groups excluding carboxylic acids is 1. The maximum absolute atomic E-state index is 13.6. The first-order valence-corrected chi connectivity index (χ1v) is 13.7. The van der Waals surface area contributed by atoms with Crippen LogP contribution < -0.4 is 20.1 Å². The topological polar surface area (TPSA) is 88.6 Å². The zero-order valence-electron chi connectivity index (χ0n) is 23.3. The Kier molecular flexibility index (Phi) is 7.99. The molecule has 5 rings (SSSR count). The molecule has 1 heterocycles. The number of ether oxygens (including phenoxy) is 2. The molecule has 1 aliphatic carbocycles. The molecule has 0 aromatic heterocycles. The summed E-state index contributed by atoms with van der Waals surface area (Å²) in [6, 6.07) is 20.1. The molecular formula is C33H30F3N3O3. The number of anilines is 1. The number of hydrogen-bond acceptors (Lipinski definition) is 6. The van der Waals surface area contributed by atoms with Crippen molar-refractivity contribution in [3.05, 3.63) is 112 Å². The van der Waals surface area contributed by atoms with Crippen molar-refractivity contribution in [1.82, 2.24) is 0 Å². The second-order valence-corrected chi connectivity index (χ2v) is 10.2. The fourth-order valence-corrected chi connectivity index (χ4v) is 5.61. The number of halogens is 3. The van der Waals surface area contributed by atoms with Crippen molar-refractivity contribution in [2.45, 2.75) is 51.3 Å². The van der Waals surface area contributed by atoms with E-state index in [-0.39, 0.29) is 35.9 Å². The van der Waals surface area contributed by atoms with Crippen molar-refractivity contribution in [3.63, 3.8) is 0 Å². The van der Waals surface area contributed by atoms with Crippen LogP contribution in [0, 0.1) is 11.3 Å². The Hall–Kier alpha value is -4.71. The van der Waals surface area contributed by atoms with Gasteiger partial charge in [0, 0.05) is 28.9 Å². The van der Waals surface area contributed by atoms with Crippen LogP contribution in [0.4, 0.5) is 18.9 Å². The van der Waals surface area contributed by atoms with Crippen LogP contribution in [-0.2, 0) is 24.0 Å². The maximum atomic E-state index is 13.6. The molecule has 6 nitrogen and oxygen atoms in total. The Morgan fingerprint density at radius 3 is 2.50 bits per heavy atom. The summed E-state index contributed by atoms with van der Waals surface area (Å²) in [5.74, 6) is 0.310. The van der Waals surface area contributed by atoms with Gasteiger partial charge in [0.15, 0.2) is 5.78 Å². The molecule has 0 bridgehead atoms. The summed E-state index contributed by atoms with van der Waals surface area (Å²) in [5.41, 5.74) is 9.37. The maximum Gasteiger partial charge on any atom is 0.416 e. The molecular weight excluding hydrogens is 543 g/mol. The number of benzene rings is 3. The number of ketones is 1. The number of alkyl halides is 3. The van der Waals surface area contributed by atoms with Crippen LogP contribution in [0.3, 0.4) is 0 Å². The van der Waals surface area contributed by atoms with E-state index in [1.165, 1.54) is 22.6 Å². The Morgan fingerprint density at radius 1 is 1.07 bits per heavy atom. The van der Waals surface area contributed by atoms with E-state index in [4.69, 9.17) is 15.2 Å². The first-order chi connectivity index (χ1) is 20.2. The second kappa shape index (κ2) is 11.6. The zero-order valence-corrected chi connectivity index (χ0v) is 23.3. The predicted molar refractivity (Wildman–Crippen MR) is 153 cm³/mol. The molecule has 0 saturated carbocycles. The van der Waals surface area contributed by atoms with Gasteiger partial charge in [0.2, 0.25) is 0 Å². The summed E-state index contributed by atoms with van der Waals surface area (Å²) in [6.07, 6.45) is -2.44. The van der Waals surface area contributed by atoms with Gasteiger partial charge in [-0.2, -0.15) is 18.4 Å². The summed E-state index contributed by atoms with van der Waals surface area (Å²) in [4.78, 5) is 14.9. The van der Waals surface area contributed by atoms with Crippen molar-refractivity contribution >= 4 is 11.5 Å². The van der Waals surface area contributed by atoms with Crippen LogP contribution in [0.1, 0.15) is 54.4 Å². The lowest BCUT2D eigenvalue weighted by molar-refractivity contribution is -0.137. The van der Waals surface area contributed by atoms with Gasteiger partial charge in [-0.1, -0.05) is 31.2 Å². The molecule has 216 valence electrons. The number of aryl methyl sites for hydroxylation is 1. The fraction of sp³-hybridized carbons (Fsp3) is 0.273. The highest BCUT2D eigenvalue weighted by Crippen LogP contribution is 2.47. The number of carbonyl (C=O) groups is 1. The monoisotopic (exact) mass is 573 g/mol. The van der Waals surface area contributed by atoms with Crippen LogP contribution in [0.25, 0.3) is 0 Å². The molecule has 0 spiro atoms. The Bertz CT molecular complexity index is 1620. The number of allylic oxidation sites excluding steroid dienone is 3. The lowest BCUT2D eigenvalue weighted by Crippen LogP contribution is -2.38. The third-order valence-electron chi connectivity index (χ3n) is 7.71. The van der Waals surface area contributed by atoms with Crippen molar-refractivity contribution in [2.24, 2.45) is 5.73 Å². The van der Waals surface area contributed by atoms with Crippen molar-refractivity contribution in [1.29, 1.82) is 5.26 Å². The van der Waals surface area contributed by atoms with Gasteiger partial charge in [-0.05, 0) is 72.9 Å². The van der Waals surface area contributed by atoms with Gasteiger partial charge in [0.05, 0.1) is 30.2 Å². The third kappa shape index (κ3) is 5.45. The average Bonchev–Trinajstić information content (AvgIpc) is 2.99. The predicted octanol–water partition coefficient (Wildman–Crippen LogP) is 7.16. The van der Waals surface area contributed by atoms with Crippen molar-refractivity contribution in [3.8, 4) is 17.6 Å². The van der Waals surface area contributed by atoms with Gasteiger partial charge in [0.1, 0.15) is 23.9 Å². The highest BCUT2D eigenvalue weighted by atomic mass is 19.4. The van der Waals surface area contributed by atoms with E-state index in [0.717, 1.165) is 18.6 Å². The molecule has 3 aromatic carbocycles. The molecule has 3 aromatic rings. The van der Waals surface area contributed by atoms with Gasteiger partial charge < -0.3 is 15.2 Å². The number of nitrogens with two attached hydrogens (primary N) is 1. The molecule has 0 radical (unpaired) electrons. The minimum Gasteiger partial charge on any atom is -0.496 e. The van der Waals surface area contributed by atoms with E-state index in [2.05, 4.69) is 13.0 Å². The largest absolute Gasteiger partial charge is 0.496 e. The Balaban J connectivity index is 1.58. The summed E-state index contributed by atoms with van der Waals surface area (Å²) >= 11 is 0. The molecule has 1 atom stereocenters. The summed E-state index contributed by atoms with van der Waals surface area (Å²) in [5, 5.41) is 10.3. The SMILES string of the molecule is CCc1ccc(OCc2cc([C@@H]3C(C#N)=C(N)N(c4cccc(C(F)(F)F)c4)C4=C3C(=O)CCC4)ccc2OC)cc1. The van der Waals surface area contributed by atoms with Crippen LogP contribution in [0.2, 0.25) is 0 Å². The van der Waals surface area contributed by atoms with Crippen molar-refractivity contribution in [2.75, 3.05) is 12.0 Å². The molecule has 0 amide bonds. The van der Waals surface area contributed by atoms with Gasteiger partial charge in [-0.15, -0.1) is 0 Å². The molecule has 2 aliphatic rings. The van der Waals surface area contributed by atoms with Crippen LogP contribution in [0.5, 0.6) is 11.5 Å². The highest BCUT2D eigenvalue weighted by Gasteiger charge is 2.41. The van der Waals surface area contributed by atoms with E-state index in [9.17, 15) is 23.2 Å². The number of Topliss-reactive ketones (excluding diaryl/α,β-unsaturated/α-hetero) is 1. The third-order valence-corrected chi connectivity index (χ3v) is 7.71. The number of rotatable bonds is 7. The summed E-state index contributed by atoms with van der Waals surface area (Å²) in [6.45, 7) is 2.25. The number of nitriles is 1. The normalized spacial score (nSPS) is 17.2. The smallest absolute Gasteiger partial charge is 0.416 e. The van der Waals surface area contributed by atoms with Gasteiger partial charge in [0.25, 0.3) is 0 Å². The van der Waals surface area contributed by atoms with Crippen molar-refractivity contribution < 1.29 is 27.4 Å². The Morgan fingerprint density at radius 2 is 1.83 bits per heavy atom. The van der Waals surface area contributed by atoms with Gasteiger partial charge >= 0.3 is 6.18 Å². The molecule has 0 unspecified atom stereocenters. The molecule has 0 saturated heterocycles. The number of methoxy groups -OCH3 is 1. The minimum atomic E-state index is -4.57. The van der Waals surface area contributed by atoms with E-state index in [1.807, 2.05) is 30.3 Å². The molecule has 9 heteroatoms. The lowest BCUT2D eigenvalue weighted by Gasteiger charge is -2.40. The van der Waals surface area contributed by atoms with Gasteiger partial charge in [-0.3, -0.25) is 9.69 Å². The zero-order chi connectivity index (χ0) is 30.0. The van der Waals surface area contributed by atoms with Crippen LogP contribution in [-0.4, -0.2) is 12.9 Å². The highest BCUT2D eigenvalue weighted by molar-refractivity contribution is 6.01. The molecule has 2 N–H and O–H groups in total. The van der Waals surface area contributed by atoms with Crippen LogP contribution in [0.15, 0.2) is 89.4 Å². The number of nitrogens with zero attached hydrogens (tertiary/aromatic N) is 2. The molecule has 42 heavy (non-hydrogen) atoms. The van der Waals surface area contributed by atoms with E-state index in [0.29, 0.717) is 46.7 Å². The summed E-state index contributed by atoms with van der Waals surface area (Å²) in [7, 11) is 1.55. The van der Waals surface area contributed by atoms with Crippen LogP contribution >= 0.6 is 0 Å². The number of hydrogen-bond donors (Lipinski definition) is 1. The minimum absolute atomic E-state index is 0.0000866. The fourth-order valence-electron chi connectivity index (χ4n) is 5.61. The average molecular weight is 574 g/mol.